The molecule has 1 aromatic carbocycles. The molecule has 18 heavy (non-hydrogen) atoms. The van der Waals surface area contributed by atoms with E-state index >= 15 is 0 Å². The molecule has 0 amide bonds. The van der Waals surface area contributed by atoms with Crippen molar-refractivity contribution in [1.82, 2.24) is 5.32 Å². The van der Waals surface area contributed by atoms with Crippen molar-refractivity contribution in [3.63, 3.8) is 0 Å². The van der Waals surface area contributed by atoms with E-state index in [2.05, 4.69) is 5.32 Å². The smallest absolute Gasteiger partial charge is 0.162 e. The second kappa shape index (κ2) is 4.69. The van der Waals surface area contributed by atoms with E-state index in [0.29, 0.717) is 23.3 Å². The standard InChI is InChI=1S/C14H15F2NO/c15-11-3-4-12-10(6-11)7-13(18-12)14(16)9-2-1-5-17-8-9/h3-4,6-7,9,14,17H,1-2,5,8H2. The predicted molar refractivity (Wildman–Crippen MR) is 65.6 cm³/mol. The van der Waals surface area contributed by atoms with Crippen molar-refractivity contribution >= 4 is 11.0 Å². The molecule has 1 saturated heterocycles. The van der Waals surface area contributed by atoms with Crippen molar-refractivity contribution in [1.29, 1.82) is 0 Å². The minimum Gasteiger partial charge on any atom is -0.458 e. The van der Waals surface area contributed by atoms with Gasteiger partial charge in [-0.05, 0) is 43.7 Å². The second-order valence-corrected chi connectivity index (χ2v) is 4.84. The summed E-state index contributed by atoms with van der Waals surface area (Å²) in [5, 5.41) is 3.81. The van der Waals surface area contributed by atoms with Crippen LogP contribution in [0.1, 0.15) is 24.8 Å². The zero-order valence-electron chi connectivity index (χ0n) is 9.96. The van der Waals surface area contributed by atoms with Gasteiger partial charge in [-0.1, -0.05) is 0 Å². The number of hydrogen-bond acceptors (Lipinski definition) is 2. The number of alkyl halides is 1. The molecule has 2 heterocycles. The Morgan fingerprint density at radius 3 is 3.00 bits per heavy atom. The van der Waals surface area contributed by atoms with E-state index in [0.717, 1.165) is 19.4 Å². The molecule has 0 aliphatic carbocycles. The Hall–Kier alpha value is -1.42. The third kappa shape index (κ3) is 2.12. The lowest BCUT2D eigenvalue weighted by Gasteiger charge is -2.24. The minimum atomic E-state index is -1.12. The summed E-state index contributed by atoms with van der Waals surface area (Å²) in [7, 11) is 0. The Kier molecular flexibility index (Phi) is 3.04. The van der Waals surface area contributed by atoms with Crippen molar-refractivity contribution in [3.8, 4) is 0 Å². The van der Waals surface area contributed by atoms with Gasteiger partial charge in [0, 0.05) is 17.8 Å². The monoisotopic (exact) mass is 251 g/mol. The number of rotatable bonds is 2. The quantitative estimate of drug-likeness (QED) is 0.882. The summed E-state index contributed by atoms with van der Waals surface area (Å²) in [5.41, 5.74) is 0.540. The summed E-state index contributed by atoms with van der Waals surface area (Å²) in [6.45, 7) is 1.63. The number of fused-ring (bicyclic) bond motifs is 1. The number of hydrogen-bond donors (Lipinski definition) is 1. The zero-order chi connectivity index (χ0) is 12.5. The fourth-order valence-corrected chi connectivity index (χ4v) is 2.53. The molecule has 1 N–H and O–H groups in total. The van der Waals surface area contributed by atoms with Crippen LogP contribution in [0.25, 0.3) is 11.0 Å². The molecule has 4 heteroatoms. The first kappa shape index (κ1) is 11.7. The molecule has 1 aliphatic heterocycles. The molecule has 0 saturated carbocycles. The van der Waals surface area contributed by atoms with E-state index in [-0.39, 0.29) is 11.7 Å². The molecule has 0 radical (unpaired) electrons. The highest BCUT2D eigenvalue weighted by Crippen LogP contribution is 2.34. The molecule has 3 rings (SSSR count). The van der Waals surface area contributed by atoms with Crippen LogP contribution in [0.2, 0.25) is 0 Å². The van der Waals surface area contributed by atoms with Gasteiger partial charge in [0.05, 0.1) is 0 Å². The average Bonchev–Trinajstić information content (AvgIpc) is 2.81. The molecule has 2 nitrogen and oxygen atoms in total. The van der Waals surface area contributed by atoms with Crippen LogP contribution in [0.3, 0.4) is 0 Å². The van der Waals surface area contributed by atoms with Crippen LogP contribution >= 0.6 is 0 Å². The summed E-state index contributed by atoms with van der Waals surface area (Å²) >= 11 is 0. The van der Waals surface area contributed by atoms with E-state index in [1.165, 1.54) is 12.1 Å². The van der Waals surface area contributed by atoms with E-state index in [1.807, 2.05) is 0 Å². The minimum absolute atomic E-state index is 0.0517. The largest absolute Gasteiger partial charge is 0.458 e. The molecule has 0 bridgehead atoms. The Morgan fingerprint density at radius 2 is 2.22 bits per heavy atom. The van der Waals surface area contributed by atoms with Crippen LogP contribution in [-0.2, 0) is 0 Å². The maximum atomic E-state index is 14.3. The summed E-state index contributed by atoms with van der Waals surface area (Å²) in [5.74, 6) is -0.0712. The van der Waals surface area contributed by atoms with Crippen molar-refractivity contribution in [2.75, 3.05) is 13.1 Å². The summed E-state index contributed by atoms with van der Waals surface area (Å²) in [6.07, 6.45) is 0.729. The summed E-state index contributed by atoms with van der Waals surface area (Å²) in [4.78, 5) is 0. The maximum absolute atomic E-state index is 14.3. The van der Waals surface area contributed by atoms with Crippen LogP contribution in [0.5, 0.6) is 0 Å². The molecule has 1 fully saturated rings. The van der Waals surface area contributed by atoms with Crippen molar-refractivity contribution in [2.24, 2.45) is 5.92 Å². The van der Waals surface area contributed by atoms with Crippen LogP contribution in [0.4, 0.5) is 8.78 Å². The van der Waals surface area contributed by atoms with E-state index in [4.69, 9.17) is 4.42 Å². The third-order valence-corrected chi connectivity index (χ3v) is 3.52. The second-order valence-electron chi connectivity index (χ2n) is 4.84. The molecule has 2 aromatic rings. The zero-order valence-corrected chi connectivity index (χ0v) is 9.96. The fraction of sp³-hybridized carbons (Fsp3) is 0.429. The Morgan fingerprint density at radius 1 is 1.33 bits per heavy atom. The molecule has 2 unspecified atom stereocenters. The molecule has 1 aliphatic rings. The van der Waals surface area contributed by atoms with Crippen molar-refractivity contribution in [2.45, 2.75) is 19.0 Å². The van der Waals surface area contributed by atoms with Gasteiger partial charge in [-0.3, -0.25) is 0 Å². The maximum Gasteiger partial charge on any atom is 0.162 e. The Bertz CT molecular complexity index is 546. The molecular weight excluding hydrogens is 236 g/mol. The molecule has 0 spiro atoms. The van der Waals surface area contributed by atoms with Crippen LogP contribution in [-0.4, -0.2) is 13.1 Å². The number of furan rings is 1. The van der Waals surface area contributed by atoms with Crippen molar-refractivity contribution in [3.05, 3.63) is 35.8 Å². The molecule has 1 aromatic heterocycles. The van der Waals surface area contributed by atoms with E-state index < -0.39 is 6.17 Å². The Labute approximate surface area is 104 Å². The Balaban J connectivity index is 1.88. The van der Waals surface area contributed by atoms with Crippen molar-refractivity contribution < 1.29 is 13.2 Å². The average molecular weight is 251 g/mol. The molecule has 2 atom stereocenters. The van der Waals surface area contributed by atoms with Crippen LogP contribution < -0.4 is 5.32 Å². The first-order valence-corrected chi connectivity index (χ1v) is 6.28. The first-order chi connectivity index (χ1) is 8.74. The van der Waals surface area contributed by atoms with E-state index in [1.54, 1.807) is 12.1 Å². The van der Waals surface area contributed by atoms with Gasteiger partial charge in [-0.15, -0.1) is 0 Å². The summed E-state index contributed by atoms with van der Waals surface area (Å²) in [6, 6.07) is 5.84. The normalized spacial score (nSPS) is 22.2. The van der Waals surface area contributed by atoms with Gasteiger partial charge in [0.2, 0.25) is 0 Å². The fourth-order valence-electron chi connectivity index (χ4n) is 2.53. The van der Waals surface area contributed by atoms with Crippen LogP contribution in [0, 0.1) is 11.7 Å². The van der Waals surface area contributed by atoms with Gasteiger partial charge in [-0.25, -0.2) is 8.78 Å². The number of benzene rings is 1. The van der Waals surface area contributed by atoms with Gasteiger partial charge in [0.1, 0.15) is 17.2 Å². The number of nitrogens with one attached hydrogen (secondary N) is 1. The SMILES string of the molecule is Fc1ccc2oc(C(F)C3CCCNC3)cc2c1. The number of halogens is 2. The third-order valence-electron chi connectivity index (χ3n) is 3.52. The lowest BCUT2D eigenvalue weighted by atomic mass is 9.93. The van der Waals surface area contributed by atoms with Gasteiger partial charge in [-0.2, -0.15) is 0 Å². The molecular formula is C14H15F2NO. The highest BCUT2D eigenvalue weighted by molar-refractivity contribution is 5.77. The van der Waals surface area contributed by atoms with E-state index in [9.17, 15) is 8.78 Å². The highest BCUT2D eigenvalue weighted by atomic mass is 19.1. The molecule has 96 valence electrons. The predicted octanol–water partition coefficient (Wildman–Crippen LogP) is 3.58. The number of piperidine rings is 1. The lowest BCUT2D eigenvalue weighted by Crippen LogP contribution is -2.32. The van der Waals surface area contributed by atoms with Gasteiger partial charge in [0.25, 0.3) is 0 Å². The topological polar surface area (TPSA) is 25.2 Å². The van der Waals surface area contributed by atoms with Gasteiger partial charge >= 0.3 is 0 Å². The highest BCUT2D eigenvalue weighted by Gasteiger charge is 2.27. The lowest BCUT2D eigenvalue weighted by molar-refractivity contribution is 0.170. The first-order valence-electron chi connectivity index (χ1n) is 6.28. The van der Waals surface area contributed by atoms with Gasteiger partial charge < -0.3 is 9.73 Å². The summed E-state index contributed by atoms with van der Waals surface area (Å²) < 4.78 is 32.9. The van der Waals surface area contributed by atoms with Crippen LogP contribution in [0.15, 0.2) is 28.7 Å². The van der Waals surface area contributed by atoms with Gasteiger partial charge in [0.15, 0.2) is 6.17 Å².